The summed E-state index contributed by atoms with van der Waals surface area (Å²) in [5, 5.41) is 2.47. The molecule has 0 aliphatic heterocycles. The first kappa shape index (κ1) is 11.7. The van der Waals surface area contributed by atoms with Crippen molar-refractivity contribution in [2.24, 2.45) is 0 Å². The summed E-state index contributed by atoms with van der Waals surface area (Å²) in [6.45, 7) is 0. The average Bonchev–Trinajstić information content (AvgIpc) is 2.15. The third-order valence-corrected chi connectivity index (χ3v) is 2.34. The molecule has 0 aromatic heterocycles. The Bertz CT molecular complexity index is 427. The standard InChI is InChI=1S/C9H11NO4S/c11-9(6-7-15(12,13)14)10-8-4-2-1-3-5-8/h1-5H,6-7H2,(H,10,11)(H,12,13,14)/p-1. The molecule has 0 fully saturated rings. The maximum atomic E-state index is 11.1. The molecule has 82 valence electrons. The number of carbonyl (C=O) groups excluding carboxylic acids is 1. The van der Waals surface area contributed by atoms with E-state index in [0.29, 0.717) is 5.69 Å². The van der Waals surface area contributed by atoms with E-state index in [1.54, 1.807) is 30.3 Å². The number of anilines is 1. The van der Waals surface area contributed by atoms with E-state index >= 15 is 0 Å². The summed E-state index contributed by atoms with van der Waals surface area (Å²) in [5.74, 6) is -1.16. The minimum absolute atomic E-state index is 0.319. The number of rotatable bonds is 4. The van der Waals surface area contributed by atoms with E-state index in [1.165, 1.54) is 0 Å². The van der Waals surface area contributed by atoms with Crippen molar-refractivity contribution in [2.45, 2.75) is 6.42 Å². The summed E-state index contributed by atoms with van der Waals surface area (Å²) >= 11 is 0. The minimum Gasteiger partial charge on any atom is -0.748 e. The SMILES string of the molecule is O=C(CCS(=O)(=O)[O-])Nc1ccccc1. The second-order valence-corrected chi connectivity index (χ2v) is 4.45. The molecule has 0 saturated heterocycles. The van der Waals surface area contributed by atoms with Gasteiger partial charge in [-0.3, -0.25) is 4.79 Å². The second kappa shape index (κ2) is 4.90. The quantitative estimate of drug-likeness (QED) is 0.763. The number of hydrogen-bond acceptors (Lipinski definition) is 4. The van der Waals surface area contributed by atoms with Gasteiger partial charge in [0.15, 0.2) is 0 Å². The van der Waals surface area contributed by atoms with Crippen LogP contribution in [0, 0.1) is 0 Å². The van der Waals surface area contributed by atoms with Crippen LogP contribution in [0.5, 0.6) is 0 Å². The van der Waals surface area contributed by atoms with E-state index in [-0.39, 0.29) is 6.42 Å². The van der Waals surface area contributed by atoms with Gasteiger partial charge >= 0.3 is 0 Å². The van der Waals surface area contributed by atoms with E-state index in [4.69, 9.17) is 0 Å². The van der Waals surface area contributed by atoms with Gasteiger partial charge in [0.2, 0.25) is 5.91 Å². The molecule has 1 N–H and O–H groups in total. The highest BCUT2D eigenvalue weighted by atomic mass is 32.2. The van der Waals surface area contributed by atoms with Gasteiger partial charge in [-0.1, -0.05) is 18.2 Å². The lowest BCUT2D eigenvalue weighted by molar-refractivity contribution is -0.115. The Morgan fingerprint density at radius 2 is 1.87 bits per heavy atom. The molecule has 0 heterocycles. The van der Waals surface area contributed by atoms with Gasteiger partial charge in [-0.15, -0.1) is 0 Å². The topological polar surface area (TPSA) is 86.3 Å². The Hall–Kier alpha value is -1.40. The highest BCUT2D eigenvalue weighted by Crippen LogP contribution is 2.05. The number of amides is 1. The fraction of sp³-hybridized carbons (Fsp3) is 0.222. The van der Waals surface area contributed by atoms with Crippen molar-refractivity contribution in [3.8, 4) is 0 Å². The Labute approximate surface area is 87.9 Å². The van der Waals surface area contributed by atoms with E-state index < -0.39 is 21.8 Å². The van der Waals surface area contributed by atoms with Crippen LogP contribution in [0.15, 0.2) is 30.3 Å². The van der Waals surface area contributed by atoms with Crippen LogP contribution < -0.4 is 5.32 Å². The third-order valence-electron chi connectivity index (χ3n) is 1.64. The zero-order valence-corrected chi connectivity index (χ0v) is 8.66. The molecule has 1 aromatic rings. The van der Waals surface area contributed by atoms with E-state index in [2.05, 4.69) is 5.32 Å². The molecule has 1 amide bonds. The van der Waals surface area contributed by atoms with Gasteiger partial charge in [0.05, 0.1) is 10.1 Å². The van der Waals surface area contributed by atoms with Crippen LogP contribution in [-0.4, -0.2) is 24.6 Å². The molecule has 0 saturated carbocycles. The monoisotopic (exact) mass is 228 g/mol. The summed E-state index contributed by atoms with van der Waals surface area (Å²) in [6, 6.07) is 8.60. The lowest BCUT2D eigenvalue weighted by atomic mass is 10.3. The summed E-state index contributed by atoms with van der Waals surface area (Å²) < 4.78 is 30.8. The maximum Gasteiger partial charge on any atom is 0.225 e. The first-order valence-electron chi connectivity index (χ1n) is 4.26. The Morgan fingerprint density at radius 3 is 2.40 bits per heavy atom. The van der Waals surface area contributed by atoms with Gasteiger partial charge in [0, 0.05) is 17.9 Å². The molecule has 0 spiro atoms. The molecule has 1 aromatic carbocycles. The summed E-state index contributed by atoms with van der Waals surface area (Å²) in [7, 11) is -4.32. The van der Waals surface area contributed by atoms with Crippen molar-refractivity contribution in [1.29, 1.82) is 0 Å². The summed E-state index contributed by atoms with van der Waals surface area (Å²) in [5.41, 5.74) is 0.575. The number of carbonyl (C=O) groups is 1. The Kier molecular flexibility index (Phi) is 3.81. The first-order chi connectivity index (χ1) is 6.97. The maximum absolute atomic E-state index is 11.1. The molecule has 0 aliphatic rings. The Morgan fingerprint density at radius 1 is 1.27 bits per heavy atom. The van der Waals surface area contributed by atoms with Crippen molar-refractivity contribution >= 4 is 21.7 Å². The highest BCUT2D eigenvalue weighted by Gasteiger charge is 2.04. The molecule has 15 heavy (non-hydrogen) atoms. The predicted molar refractivity (Wildman–Crippen MR) is 54.3 cm³/mol. The van der Waals surface area contributed by atoms with Crippen LogP contribution in [0.4, 0.5) is 5.69 Å². The molecule has 0 aliphatic carbocycles. The fourth-order valence-corrected chi connectivity index (χ4v) is 1.40. The van der Waals surface area contributed by atoms with Gasteiger partial charge in [0.1, 0.15) is 0 Å². The van der Waals surface area contributed by atoms with Gasteiger partial charge < -0.3 is 9.87 Å². The number of benzene rings is 1. The van der Waals surface area contributed by atoms with Gasteiger partial charge in [-0.2, -0.15) is 0 Å². The zero-order chi connectivity index (χ0) is 11.3. The number of nitrogens with one attached hydrogen (secondary N) is 1. The lowest BCUT2D eigenvalue weighted by Gasteiger charge is -2.07. The van der Waals surface area contributed by atoms with Crippen molar-refractivity contribution in [2.75, 3.05) is 11.1 Å². The van der Waals surface area contributed by atoms with Crippen molar-refractivity contribution in [3.63, 3.8) is 0 Å². The molecular weight excluding hydrogens is 218 g/mol. The largest absolute Gasteiger partial charge is 0.748 e. The smallest absolute Gasteiger partial charge is 0.225 e. The van der Waals surface area contributed by atoms with Crippen molar-refractivity contribution < 1.29 is 17.8 Å². The average molecular weight is 228 g/mol. The van der Waals surface area contributed by atoms with E-state index in [1.807, 2.05) is 0 Å². The normalized spacial score (nSPS) is 11.0. The minimum atomic E-state index is -4.32. The predicted octanol–water partition coefficient (Wildman–Crippen LogP) is 0.560. The summed E-state index contributed by atoms with van der Waals surface area (Å²) in [6.07, 6.45) is -0.319. The highest BCUT2D eigenvalue weighted by molar-refractivity contribution is 7.85. The van der Waals surface area contributed by atoms with Gasteiger partial charge in [-0.25, -0.2) is 8.42 Å². The van der Waals surface area contributed by atoms with E-state index in [9.17, 15) is 17.8 Å². The van der Waals surface area contributed by atoms with Crippen LogP contribution in [0.2, 0.25) is 0 Å². The molecule has 0 atom stereocenters. The second-order valence-electron chi connectivity index (χ2n) is 2.93. The van der Waals surface area contributed by atoms with Crippen LogP contribution in [0.25, 0.3) is 0 Å². The van der Waals surface area contributed by atoms with Crippen molar-refractivity contribution in [1.82, 2.24) is 0 Å². The first-order valence-corrected chi connectivity index (χ1v) is 5.83. The van der Waals surface area contributed by atoms with Crippen LogP contribution in [0.3, 0.4) is 0 Å². The number of hydrogen-bond donors (Lipinski definition) is 1. The molecule has 0 radical (unpaired) electrons. The van der Waals surface area contributed by atoms with Gasteiger partial charge in [-0.05, 0) is 12.1 Å². The molecule has 5 nitrogen and oxygen atoms in total. The molecule has 0 bridgehead atoms. The molecule has 6 heteroatoms. The van der Waals surface area contributed by atoms with Crippen molar-refractivity contribution in [3.05, 3.63) is 30.3 Å². The Balaban J connectivity index is 2.44. The number of para-hydroxylation sites is 1. The van der Waals surface area contributed by atoms with Gasteiger partial charge in [0.25, 0.3) is 0 Å². The molecule has 0 unspecified atom stereocenters. The van der Waals surface area contributed by atoms with Crippen LogP contribution in [0.1, 0.15) is 6.42 Å². The third kappa shape index (κ3) is 5.14. The lowest BCUT2D eigenvalue weighted by Crippen LogP contribution is -2.16. The molecule has 1 rings (SSSR count). The van der Waals surface area contributed by atoms with Crippen LogP contribution in [-0.2, 0) is 14.9 Å². The van der Waals surface area contributed by atoms with E-state index in [0.717, 1.165) is 0 Å². The fourth-order valence-electron chi connectivity index (χ4n) is 0.963. The van der Waals surface area contributed by atoms with Crippen LogP contribution >= 0.6 is 0 Å². The summed E-state index contributed by atoms with van der Waals surface area (Å²) in [4.78, 5) is 11.1. The molecular formula is C9H10NO4S-. The zero-order valence-electron chi connectivity index (χ0n) is 7.84.